The third kappa shape index (κ3) is 3.42. The van der Waals surface area contributed by atoms with Crippen LogP contribution in [0.1, 0.15) is 44.3 Å². The molecule has 1 aliphatic heterocycles. The summed E-state index contributed by atoms with van der Waals surface area (Å²) in [5, 5.41) is 13.1. The molecule has 1 aliphatic rings. The van der Waals surface area contributed by atoms with Gasteiger partial charge in [-0.1, -0.05) is 19.9 Å². The predicted octanol–water partition coefficient (Wildman–Crippen LogP) is 2.36. The van der Waals surface area contributed by atoms with Crippen LogP contribution in [-0.4, -0.2) is 47.4 Å². The van der Waals surface area contributed by atoms with Gasteiger partial charge in [-0.3, -0.25) is 9.30 Å². The number of fused-ring (bicyclic) bond motifs is 1. The quantitative estimate of drug-likeness (QED) is 0.714. The van der Waals surface area contributed by atoms with E-state index in [-0.39, 0.29) is 0 Å². The summed E-state index contributed by atoms with van der Waals surface area (Å²) in [5.41, 5.74) is 0.932. The van der Waals surface area contributed by atoms with Crippen molar-refractivity contribution in [3.63, 3.8) is 0 Å². The van der Waals surface area contributed by atoms with Crippen molar-refractivity contribution in [2.24, 2.45) is 5.92 Å². The molecule has 7 nitrogen and oxygen atoms in total. The number of piperidine rings is 1. The van der Waals surface area contributed by atoms with E-state index < -0.39 is 0 Å². The largest absolute Gasteiger partial charge is 0.296 e. The molecule has 1 saturated heterocycles. The van der Waals surface area contributed by atoms with Crippen molar-refractivity contribution in [2.75, 3.05) is 13.1 Å². The van der Waals surface area contributed by atoms with E-state index in [2.05, 4.69) is 49.6 Å². The van der Waals surface area contributed by atoms with Crippen molar-refractivity contribution in [3.8, 4) is 0 Å². The Bertz CT molecular complexity index is 827. The first-order valence-electron chi connectivity index (χ1n) is 9.09. The molecule has 132 valence electrons. The topological polar surface area (TPSA) is 64.1 Å². The van der Waals surface area contributed by atoms with Crippen molar-refractivity contribution >= 4 is 5.65 Å². The molecule has 4 rings (SSSR count). The van der Waals surface area contributed by atoms with Gasteiger partial charge in [0, 0.05) is 18.7 Å². The molecule has 0 aliphatic carbocycles. The molecule has 3 aromatic rings. The van der Waals surface area contributed by atoms with E-state index in [1.54, 1.807) is 6.33 Å². The van der Waals surface area contributed by atoms with Crippen LogP contribution in [-0.2, 0) is 13.1 Å². The van der Waals surface area contributed by atoms with E-state index in [4.69, 9.17) is 0 Å². The zero-order valence-electron chi connectivity index (χ0n) is 14.9. The Hall–Kier alpha value is -2.28. The van der Waals surface area contributed by atoms with Gasteiger partial charge in [-0.05, 0) is 44.0 Å². The standard InChI is InChI=1S/C18H25N7/c1-14(2)11-25-17(19-13-20-25)12-23-9-6-15(7-10-23)18-22-21-16-5-3-4-8-24(16)18/h3-5,8,13-15H,6-7,9-12H2,1-2H3. The Morgan fingerprint density at radius 1 is 1.16 bits per heavy atom. The average molecular weight is 339 g/mol. The molecule has 4 heterocycles. The number of nitrogens with zero attached hydrogens (tertiary/aromatic N) is 7. The molecule has 0 amide bonds. The number of rotatable bonds is 5. The summed E-state index contributed by atoms with van der Waals surface area (Å²) in [7, 11) is 0. The summed E-state index contributed by atoms with van der Waals surface area (Å²) in [6.45, 7) is 8.33. The predicted molar refractivity (Wildman–Crippen MR) is 95.1 cm³/mol. The molecule has 0 unspecified atom stereocenters. The van der Waals surface area contributed by atoms with Crippen LogP contribution in [0.4, 0.5) is 0 Å². The number of likely N-dealkylation sites (tertiary alicyclic amines) is 1. The summed E-state index contributed by atoms with van der Waals surface area (Å²) in [4.78, 5) is 6.93. The van der Waals surface area contributed by atoms with Gasteiger partial charge in [0.1, 0.15) is 18.0 Å². The molecule has 0 atom stereocenters. The monoisotopic (exact) mass is 339 g/mol. The zero-order valence-corrected chi connectivity index (χ0v) is 14.9. The molecule has 0 aromatic carbocycles. The zero-order chi connectivity index (χ0) is 17.2. The fraction of sp³-hybridized carbons (Fsp3) is 0.556. The summed E-state index contributed by atoms with van der Waals surface area (Å²) in [5.74, 6) is 3.22. The van der Waals surface area contributed by atoms with E-state index >= 15 is 0 Å². The second-order valence-corrected chi connectivity index (χ2v) is 7.29. The summed E-state index contributed by atoms with van der Waals surface area (Å²) in [6, 6.07) is 6.05. The Morgan fingerprint density at radius 3 is 2.80 bits per heavy atom. The molecule has 25 heavy (non-hydrogen) atoms. The first-order valence-corrected chi connectivity index (χ1v) is 9.09. The Kier molecular flexibility index (Phi) is 4.48. The molecule has 0 saturated carbocycles. The minimum Gasteiger partial charge on any atom is -0.296 e. The number of hydrogen-bond donors (Lipinski definition) is 0. The lowest BCUT2D eigenvalue weighted by Gasteiger charge is -2.30. The van der Waals surface area contributed by atoms with Gasteiger partial charge < -0.3 is 0 Å². The smallest absolute Gasteiger partial charge is 0.160 e. The van der Waals surface area contributed by atoms with Gasteiger partial charge in [-0.25, -0.2) is 9.67 Å². The minimum absolute atomic E-state index is 0.474. The molecule has 3 aromatic heterocycles. The van der Waals surface area contributed by atoms with Crippen LogP contribution in [0.15, 0.2) is 30.7 Å². The lowest BCUT2D eigenvalue weighted by molar-refractivity contribution is 0.193. The Morgan fingerprint density at radius 2 is 2.00 bits per heavy atom. The normalized spacial score (nSPS) is 16.9. The van der Waals surface area contributed by atoms with Crippen molar-refractivity contribution in [1.29, 1.82) is 0 Å². The molecule has 0 spiro atoms. The number of pyridine rings is 1. The lowest BCUT2D eigenvalue weighted by atomic mass is 9.96. The van der Waals surface area contributed by atoms with Gasteiger partial charge in [0.25, 0.3) is 0 Å². The third-order valence-electron chi connectivity index (χ3n) is 4.89. The SMILES string of the molecule is CC(C)Cn1ncnc1CN1CCC(c2nnc3ccccn23)CC1. The maximum absolute atomic E-state index is 4.46. The Balaban J connectivity index is 1.40. The third-order valence-corrected chi connectivity index (χ3v) is 4.89. The van der Waals surface area contributed by atoms with Gasteiger partial charge in [0.2, 0.25) is 0 Å². The van der Waals surface area contributed by atoms with Crippen LogP contribution in [0.5, 0.6) is 0 Å². The van der Waals surface area contributed by atoms with Crippen molar-refractivity contribution in [1.82, 2.24) is 34.3 Å². The van der Waals surface area contributed by atoms with Crippen LogP contribution >= 0.6 is 0 Å². The minimum atomic E-state index is 0.474. The summed E-state index contributed by atoms with van der Waals surface area (Å²) in [6.07, 6.45) is 5.94. The molecule has 7 heteroatoms. The first kappa shape index (κ1) is 16.2. The van der Waals surface area contributed by atoms with Crippen LogP contribution < -0.4 is 0 Å². The summed E-state index contributed by atoms with van der Waals surface area (Å²) >= 11 is 0. The van der Waals surface area contributed by atoms with Crippen LogP contribution in [0, 0.1) is 5.92 Å². The van der Waals surface area contributed by atoms with Gasteiger partial charge in [-0.2, -0.15) is 5.10 Å². The highest BCUT2D eigenvalue weighted by Gasteiger charge is 2.25. The fourth-order valence-corrected chi connectivity index (χ4v) is 3.60. The second kappa shape index (κ2) is 6.92. The number of hydrogen-bond acceptors (Lipinski definition) is 5. The average Bonchev–Trinajstić information content (AvgIpc) is 3.22. The molecule has 0 radical (unpaired) electrons. The van der Waals surface area contributed by atoms with Crippen molar-refractivity contribution < 1.29 is 0 Å². The summed E-state index contributed by atoms with van der Waals surface area (Å²) < 4.78 is 4.17. The van der Waals surface area contributed by atoms with Gasteiger partial charge in [0.05, 0.1) is 6.54 Å². The second-order valence-electron chi connectivity index (χ2n) is 7.29. The fourth-order valence-electron chi connectivity index (χ4n) is 3.60. The van der Waals surface area contributed by atoms with E-state index in [0.29, 0.717) is 11.8 Å². The van der Waals surface area contributed by atoms with Crippen LogP contribution in [0.2, 0.25) is 0 Å². The maximum atomic E-state index is 4.46. The van der Waals surface area contributed by atoms with E-state index in [1.165, 1.54) is 0 Å². The first-order chi connectivity index (χ1) is 12.2. The lowest BCUT2D eigenvalue weighted by Crippen LogP contribution is -2.34. The van der Waals surface area contributed by atoms with Gasteiger partial charge in [0.15, 0.2) is 5.65 Å². The molecule has 0 N–H and O–H groups in total. The van der Waals surface area contributed by atoms with Crippen molar-refractivity contribution in [2.45, 2.75) is 45.7 Å². The van der Waals surface area contributed by atoms with E-state index in [0.717, 1.165) is 56.3 Å². The van der Waals surface area contributed by atoms with E-state index in [1.807, 2.05) is 22.9 Å². The van der Waals surface area contributed by atoms with Gasteiger partial charge >= 0.3 is 0 Å². The highest BCUT2D eigenvalue weighted by molar-refractivity contribution is 5.37. The molecule has 0 bridgehead atoms. The van der Waals surface area contributed by atoms with Gasteiger partial charge in [-0.15, -0.1) is 10.2 Å². The van der Waals surface area contributed by atoms with Crippen molar-refractivity contribution in [3.05, 3.63) is 42.4 Å². The highest BCUT2D eigenvalue weighted by Crippen LogP contribution is 2.27. The van der Waals surface area contributed by atoms with E-state index in [9.17, 15) is 0 Å². The molecular formula is C18H25N7. The molecular weight excluding hydrogens is 314 g/mol. The Labute approximate surface area is 147 Å². The van der Waals surface area contributed by atoms with Crippen LogP contribution in [0.3, 0.4) is 0 Å². The maximum Gasteiger partial charge on any atom is 0.160 e. The van der Waals surface area contributed by atoms with Crippen LogP contribution in [0.25, 0.3) is 5.65 Å². The number of aromatic nitrogens is 6. The molecule has 1 fully saturated rings. The highest BCUT2D eigenvalue weighted by atomic mass is 15.3.